The van der Waals surface area contributed by atoms with Crippen LogP contribution in [0.3, 0.4) is 0 Å². The second-order valence-electron chi connectivity index (χ2n) is 4.38. The summed E-state index contributed by atoms with van der Waals surface area (Å²) in [6.45, 7) is 8.50. The van der Waals surface area contributed by atoms with E-state index in [4.69, 9.17) is 0 Å². The topological polar surface area (TPSA) is 0 Å². The van der Waals surface area contributed by atoms with Gasteiger partial charge in [-0.2, -0.15) is 0 Å². The molecule has 0 fully saturated rings. The number of hydrogen-bond acceptors (Lipinski definition) is 2. The minimum atomic E-state index is 0.678. The van der Waals surface area contributed by atoms with Gasteiger partial charge in [-0.1, -0.05) is 33.6 Å². The molecular weight excluding hydrogens is 232 g/mol. The van der Waals surface area contributed by atoms with Crippen molar-refractivity contribution < 1.29 is 0 Å². The van der Waals surface area contributed by atoms with Gasteiger partial charge in [-0.3, -0.25) is 0 Å². The molecule has 87 valence electrons. The van der Waals surface area contributed by atoms with Crippen LogP contribution < -0.4 is 0 Å². The lowest BCUT2D eigenvalue weighted by Crippen LogP contribution is -1.87. The second-order valence-corrected chi connectivity index (χ2v) is 6.67. The van der Waals surface area contributed by atoms with E-state index in [1.54, 1.807) is 4.88 Å². The van der Waals surface area contributed by atoms with Gasteiger partial charge in [0.15, 0.2) is 0 Å². The summed E-state index contributed by atoms with van der Waals surface area (Å²) in [5, 5.41) is 0. The van der Waals surface area contributed by atoms with Crippen LogP contribution in [-0.2, 0) is 6.42 Å². The third kappa shape index (κ3) is 2.49. The predicted molar refractivity (Wildman–Crippen MR) is 76.7 cm³/mol. The first-order valence-electron chi connectivity index (χ1n) is 6.06. The zero-order chi connectivity index (χ0) is 11.5. The minimum absolute atomic E-state index is 0.678. The first-order chi connectivity index (χ1) is 7.74. The molecule has 2 rings (SSSR count). The molecule has 1 unspecified atom stereocenters. The molecule has 0 aliphatic rings. The summed E-state index contributed by atoms with van der Waals surface area (Å²) in [5.41, 5.74) is 0. The molecule has 0 bridgehead atoms. The monoisotopic (exact) mass is 251 g/mol. The molecule has 0 saturated carbocycles. The molecule has 16 heavy (non-hydrogen) atoms. The van der Waals surface area contributed by atoms with Gasteiger partial charge in [0.05, 0.1) is 0 Å². The summed E-state index contributed by atoms with van der Waals surface area (Å²) < 4.78 is 2.97. The highest BCUT2D eigenvalue weighted by atomic mass is 32.1. The Hall–Kier alpha value is -0.340. The molecule has 1 radical (unpaired) electrons. The van der Waals surface area contributed by atoms with Gasteiger partial charge >= 0.3 is 0 Å². The lowest BCUT2D eigenvalue weighted by molar-refractivity contribution is 0.701. The lowest BCUT2D eigenvalue weighted by Gasteiger charge is -2.05. The van der Waals surface area contributed by atoms with Gasteiger partial charge in [-0.25, -0.2) is 0 Å². The Morgan fingerprint density at radius 3 is 2.62 bits per heavy atom. The summed E-state index contributed by atoms with van der Waals surface area (Å²) in [5.74, 6) is 0.678. The van der Waals surface area contributed by atoms with Crippen LogP contribution in [-0.4, -0.2) is 0 Å². The molecule has 2 heterocycles. The van der Waals surface area contributed by atoms with Crippen LogP contribution in [0.25, 0.3) is 9.40 Å². The number of fused-ring (bicyclic) bond motifs is 1. The Morgan fingerprint density at radius 2 is 2.00 bits per heavy atom. The zero-order valence-electron chi connectivity index (χ0n) is 10.1. The fourth-order valence-corrected chi connectivity index (χ4v) is 4.59. The molecule has 2 aromatic heterocycles. The molecule has 0 aliphatic heterocycles. The molecule has 0 N–H and O–H groups in total. The molecule has 2 aromatic rings. The van der Waals surface area contributed by atoms with E-state index in [0.717, 1.165) is 6.42 Å². The summed E-state index contributed by atoms with van der Waals surface area (Å²) in [7, 11) is 0. The van der Waals surface area contributed by atoms with Crippen LogP contribution in [0.1, 0.15) is 48.8 Å². The highest BCUT2D eigenvalue weighted by Gasteiger charge is 2.11. The molecular formula is C14H19S2. The predicted octanol–water partition coefficient (Wildman–Crippen LogP) is 5.63. The summed E-state index contributed by atoms with van der Waals surface area (Å²) >= 11 is 3.95. The van der Waals surface area contributed by atoms with Crippen molar-refractivity contribution in [2.45, 2.75) is 45.4 Å². The van der Waals surface area contributed by atoms with E-state index >= 15 is 0 Å². The number of rotatable bonds is 5. The van der Waals surface area contributed by atoms with E-state index in [1.807, 2.05) is 22.7 Å². The maximum Gasteiger partial charge on any atom is 0.0456 e. The van der Waals surface area contributed by atoms with Crippen molar-refractivity contribution in [3.05, 3.63) is 28.8 Å². The zero-order valence-corrected chi connectivity index (χ0v) is 11.7. The van der Waals surface area contributed by atoms with Gasteiger partial charge in [0, 0.05) is 19.2 Å². The highest BCUT2D eigenvalue weighted by molar-refractivity contribution is 7.27. The fraction of sp³-hybridized carbons (Fsp3) is 0.500. The van der Waals surface area contributed by atoms with Crippen LogP contribution in [0.5, 0.6) is 0 Å². The Balaban J connectivity index is 2.21. The summed E-state index contributed by atoms with van der Waals surface area (Å²) in [6, 6.07) is 4.78. The second kappa shape index (κ2) is 5.33. The molecule has 2 heteroatoms. The molecule has 1 atom stereocenters. The number of thiophene rings is 2. The first kappa shape index (κ1) is 12.1. The van der Waals surface area contributed by atoms with E-state index in [1.165, 1.54) is 33.5 Å². The van der Waals surface area contributed by atoms with Crippen molar-refractivity contribution in [2.75, 3.05) is 0 Å². The van der Waals surface area contributed by atoms with Gasteiger partial charge in [-0.15, -0.1) is 22.7 Å². The molecule has 0 amide bonds. The Kier molecular flexibility index (Phi) is 4.04. The normalized spacial score (nSPS) is 13.4. The van der Waals surface area contributed by atoms with E-state index in [0.29, 0.717) is 5.92 Å². The quantitative estimate of drug-likeness (QED) is 0.645. The maximum absolute atomic E-state index is 3.94. The third-order valence-electron chi connectivity index (χ3n) is 2.90. The van der Waals surface area contributed by atoms with E-state index < -0.39 is 0 Å². The molecule has 0 aliphatic carbocycles. The first-order valence-corrected chi connectivity index (χ1v) is 7.69. The molecule has 0 aromatic carbocycles. The van der Waals surface area contributed by atoms with E-state index in [2.05, 4.69) is 32.9 Å². The van der Waals surface area contributed by atoms with Gasteiger partial charge in [0.2, 0.25) is 0 Å². The van der Waals surface area contributed by atoms with Crippen LogP contribution in [0.15, 0.2) is 12.1 Å². The largest absolute Gasteiger partial charge is 0.139 e. The lowest BCUT2D eigenvalue weighted by atomic mass is 10.1. The summed E-state index contributed by atoms with van der Waals surface area (Å²) in [6.07, 6.45) is 4.72. The maximum atomic E-state index is 3.94. The van der Waals surface area contributed by atoms with Crippen LogP contribution >= 0.6 is 22.7 Å². The Labute approximate surface area is 106 Å². The SMILES string of the molecule is [CH2]CCC(C)c1cc2sc(CCC)cc2s1. The van der Waals surface area contributed by atoms with Crippen LogP contribution in [0, 0.1) is 6.92 Å². The van der Waals surface area contributed by atoms with Gasteiger partial charge in [-0.05, 0) is 30.9 Å². The van der Waals surface area contributed by atoms with E-state index in [-0.39, 0.29) is 0 Å². The Morgan fingerprint density at radius 1 is 1.25 bits per heavy atom. The minimum Gasteiger partial charge on any atom is -0.139 e. The average Bonchev–Trinajstić information content (AvgIpc) is 2.76. The number of hydrogen-bond donors (Lipinski definition) is 0. The van der Waals surface area contributed by atoms with Crippen LogP contribution in [0.4, 0.5) is 0 Å². The van der Waals surface area contributed by atoms with Gasteiger partial charge in [0.1, 0.15) is 0 Å². The molecule has 0 saturated heterocycles. The molecule has 0 nitrogen and oxygen atoms in total. The van der Waals surface area contributed by atoms with E-state index in [9.17, 15) is 0 Å². The van der Waals surface area contributed by atoms with Crippen LogP contribution in [0.2, 0.25) is 0 Å². The third-order valence-corrected chi connectivity index (χ3v) is 5.48. The van der Waals surface area contributed by atoms with Crippen molar-refractivity contribution in [1.82, 2.24) is 0 Å². The average molecular weight is 251 g/mol. The van der Waals surface area contributed by atoms with Crippen molar-refractivity contribution in [3.63, 3.8) is 0 Å². The smallest absolute Gasteiger partial charge is 0.0456 e. The van der Waals surface area contributed by atoms with Crippen molar-refractivity contribution in [3.8, 4) is 0 Å². The van der Waals surface area contributed by atoms with Gasteiger partial charge < -0.3 is 0 Å². The van der Waals surface area contributed by atoms with Gasteiger partial charge in [0.25, 0.3) is 0 Å². The fourth-order valence-electron chi connectivity index (χ4n) is 1.97. The highest BCUT2D eigenvalue weighted by Crippen LogP contribution is 2.37. The van der Waals surface area contributed by atoms with Crippen molar-refractivity contribution in [1.29, 1.82) is 0 Å². The summed E-state index contributed by atoms with van der Waals surface area (Å²) in [4.78, 5) is 3.08. The molecule has 0 spiro atoms. The van der Waals surface area contributed by atoms with Crippen molar-refractivity contribution >= 4 is 32.1 Å². The standard InChI is InChI=1S/C14H19S2/c1-4-6-10(3)12-9-14-13(16-12)8-11(15-14)7-5-2/h8-10H,1,4-7H2,2-3H3. The van der Waals surface area contributed by atoms with Crippen molar-refractivity contribution in [2.24, 2.45) is 0 Å². The number of aryl methyl sites for hydroxylation is 1. The Bertz CT molecular complexity index is 419.